The molecule has 0 amide bonds. The van der Waals surface area contributed by atoms with Crippen LogP contribution in [0.1, 0.15) is 5.56 Å². The van der Waals surface area contributed by atoms with Crippen LogP contribution in [0.3, 0.4) is 0 Å². The van der Waals surface area contributed by atoms with Crippen LogP contribution in [0, 0.1) is 6.92 Å². The molecule has 0 bridgehead atoms. The molecule has 1 aromatic heterocycles. The number of nitrogens with zero attached hydrogens (tertiary/aromatic N) is 1. The van der Waals surface area contributed by atoms with Gasteiger partial charge in [0.25, 0.3) is 0 Å². The zero-order valence-corrected chi connectivity index (χ0v) is 10.0. The maximum atomic E-state index is 11.7. The van der Waals surface area contributed by atoms with E-state index < -0.39 is 10.0 Å². The van der Waals surface area contributed by atoms with Gasteiger partial charge in [-0.15, -0.1) is 0 Å². The number of pyridine rings is 1. The number of nitrogens with two attached hydrogens (primary N) is 1. The van der Waals surface area contributed by atoms with Crippen molar-refractivity contribution in [3.8, 4) is 0 Å². The fraction of sp³-hybridized carbons (Fsp3) is 0.444. The van der Waals surface area contributed by atoms with Gasteiger partial charge in [-0.3, -0.25) is 0 Å². The minimum atomic E-state index is -3.52. The van der Waals surface area contributed by atoms with Gasteiger partial charge in [0.15, 0.2) is 0 Å². The van der Waals surface area contributed by atoms with Crippen LogP contribution in [0.15, 0.2) is 17.2 Å². The molecule has 0 fully saturated rings. The number of ether oxygens (including phenoxy) is 1. The van der Waals surface area contributed by atoms with E-state index in [4.69, 9.17) is 10.5 Å². The number of aryl methyl sites for hydroxylation is 1. The Hall–Kier alpha value is -1.18. The summed E-state index contributed by atoms with van der Waals surface area (Å²) >= 11 is 0. The Morgan fingerprint density at radius 3 is 2.81 bits per heavy atom. The standard InChI is InChI=1S/C9H15N3O3S/c1-7-5-8(6-11-9(7)10)16(13,14)12-3-4-15-2/h5-6,12H,3-4H2,1-2H3,(H2,10,11). The monoisotopic (exact) mass is 245 g/mol. The van der Waals surface area contributed by atoms with Crippen LogP contribution in [-0.4, -0.2) is 33.7 Å². The van der Waals surface area contributed by atoms with E-state index in [1.807, 2.05) is 0 Å². The van der Waals surface area contributed by atoms with Crippen LogP contribution in [0.25, 0.3) is 0 Å². The number of hydrogen-bond acceptors (Lipinski definition) is 5. The van der Waals surface area contributed by atoms with Crippen molar-refractivity contribution in [3.05, 3.63) is 17.8 Å². The molecule has 0 aliphatic carbocycles. The highest BCUT2D eigenvalue weighted by atomic mass is 32.2. The zero-order valence-electron chi connectivity index (χ0n) is 9.23. The first-order chi connectivity index (χ1) is 7.47. The summed E-state index contributed by atoms with van der Waals surface area (Å²) in [6.45, 7) is 2.25. The van der Waals surface area contributed by atoms with Crippen LogP contribution in [0.5, 0.6) is 0 Å². The van der Waals surface area contributed by atoms with Gasteiger partial charge in [-0.1, -0.05) is 0 Å². The highest BCUT2D eigenvalue weighted by molar-refractivity contribution is 7.89. The summed E-state index contributed by atoms with van der Waals surface area (Å²) in [5.41, 5.74) is 6.14. The second kappa shape index (κ2) is 5.24. The molecule has 0 saturated carbocycles. The number of nitrogens with one attached hydrogen (secondary N) is 1. The van der Waals surface area contributed by atoms with E-state index in [-0.39, 0.29) is 11.4 Å². The van der Waals surface area contributed by atoms with E-state index in [0.717, 1.165) is 0 Å². The smallest absolute Gasteiger partial charge is 0.242 e. The number of rotatable bonds is 5. The van der Waals surface area contributed by atoms with Crippen molar-refractivity contribution in [2.24, 2.45) is 0 Å². The quantitative estimate of drug-likeness (QED) is 0.706. The summed E-state index contributed by atoms with van der Waals surface area (Å²) in [5, 5.41) is 0. The summed E-state index contributed by atoms with van der Waals surface area (Å²) in [6.07, 6.45) is 1.23. The van der Waals surface area contributed by atoms with Gasteiger partial charge in [-0.2, -0.15) is 0 Å². The molecular formula is C9H15N3O3S. The van der Waals surface area contributed by atoms with Gasteiger partial charge < -0.3 is 10.5 Å². The van der Waals surface area contributed by atoms with Gasteiger partial charge in [0.05, 0.1) is 6.61 Å². The average molecular weight is 245 g/mol. The van der Waals surface area contributed by atoms with Crippen molar-refractivity contribution in [2.75, 3.05) is 26.0 Å². The number of methoxy groups -OCH3 is 1. The average Bonchev–Trinajstić information content (AvgIpc) is 2.22. The molecule has 1 rings (SSSR count). The minimum Gasteiger partial charge on any atom is -0.383 e. The Kier molecular flexibility index (Phi) is 4.22. The Bertz CT molecular complexity index is 459. The van der Waals surface area contributed by atoms with E-state index in [2.05, 4.69) is 9.71 Å². The number of hydrogen-bond donors (Lipinski definition) is 2. The van der Waals surface area contributed by atoms with Gasteiger partial charge >= 0.3 is 0 Å². The molecule has 1 aromatic rings. The molecule has 1 heterocycles. The molecule has 3 N–H and O–H groups in total. The maximum Gasteiger partial charge on any atom is 0.242 e. The molecule has 0 aliphatic heterocycles. The largest absolute Gasteiger partial charge is 0.383 e. The lowest BCUT2D eigenvalue weighted by atomic mass is 10.3. The lowest BCUT2D eigenvalue weighted by Gasteiger charge is -2.07. The molecule has 6 nitrogen and oxygen atoms in total. The third kappa shape index (κ3) is 3.16. The third-order valence-corrected chi connectivity index (χ3v) is 3.43. The summed E-state index contributed by atoms with van der Waals surface area (Å²) in [4.78, 5) is 3.91. The van der Waals surface area contributed by atoms with Crippen molar-refractivity contribution < 1.29 is 13.2 Å². The minimum absolute atomic E-state index is 0.107. The van der Waals surface area contributed by atoms with E-state index >= 15 is 0 Å². The molecule has 0 radical (unpaired) electrons. The fourth-order valence-corrected chi connectivity index (χ4v) is 2.11. The zero-order chi connectivity index (χ0) is 12.2. The van der Waals surface area contributed by atoms with Crippen LogP contribution in [-0.2, 0) is 14.8 Å². The van der Waals surface area contributed by atoms with Crippen molar-refractivity contribution in [1.82, 2.24) is 9.71 Å². The van der Waals surface area contributed by atoms with Crippen molar-refractivity contribution in [1.29, 1.82) is 0 Å². The fourth-order valence-electron chi connectivity index (χ4n) is 1.07. The van der Waals surface area contributed by atoms with Crippen molar-refractivity contribution in [3.63, 3.8) is 0 Å². The first-order valence-corrected chi connectivity index (χ1v) is 6.16. The second-order valence-corrected chi connectivity index (χ2v) is 5.03. The molecule has 0 saturated heterocycles. The van der Waals surface area contributed by atoms with E-state index in [0.29, 0.717) is 18.0 Å². The molecular weight excluding hydrogens is 230 g/mol. The topological polar surface area (TPSA) is 94.3 Å². The van der Waals surface area contributed by atoms with Gasteiger partial charge in [-0.05, 0) is 18.6 Å². The first kappa shape index (κ1) is 12.9. The lowest BCUT2D eigenvalue weighted by Crippen LogP contribution is -2.27. The SMILES string of the molecule is COCCNS(=O)(=O)c1cnc(N)c(C)c1. The van der Waals surface area contributed by atoms with Crippen molar-refractivity contribution >= 4 is 15.8 Å². The van der Waals surface area contributed by atoms with E-state index in [1.54, 1.807) is 6.92 Å². The highest BCUT2D eigenvalue weighted by Gasteiger charge is 2.14. The van der Waals surface area contributed by atoms with Gasteiger partial charge in [0, 0.05) is 19.9 Å². The number of nitrogen functional groups attached to an aromatic ring is 1. The molecule has 0 unspecified atom stereocenters. The summed E-state index contributed by atoms with van der Waals surface area (Å²) in [7, 11) is -2.02. The van der Waals surface area contributed by atoms with Crippen LogP contribution in [0.2, 0.25) is 0 Å². The molecule has 16 heavy (non-hydrogen) atoms. The number of sulfonamides is 1. The van der Waals surface area contributed by atoms with E-state index in [1.165, 1.54) is 19.4 Å². The van der Waals surface area contributed by atoms with Crippen LogP contribution < -0.4 is 10.5 Å². The predicted octanol–water partition coefficient (Wildman–Crippen LogP) is -0.103. The Morgan fingerprint density at radius 1 is 1.56 bits per heavy atom. The molecule has 0 aromatic carbocycles. The lowest BCUT2D eigenvalue weighted by molar-refractivity contribution is 0.204. The molecule has 0 atom stereocenters. The van der Waals surface area contributed by atoms with Gasteiger partial charge in [0.1, 0.15) is 10.7 Å². The summed E-state index contributed by atoms with van der Waals surface area (Å²) < 4.78 is 30.6. The molecule has 0 aliphatic rings. The third-order valence-electron chi connectivity index (χ3n) is 2.00. The molecule has 7 heteroatoms. The predicted molar refractivity (Wildman–Crippen MR) is 60.5 cm³/mol. The normalized spacial score (nSPS) is 11.6. The second-order valence-electron chi connectivity index (χ2n) is 3.26. The Morgan fingerprint density at radius 2 is 2.25 bits per heavy atom. The highest BCUT2D eigenvalue weighted by Crippen LogP contribution is 2.13. The molecule has 90 valence electrons. The van der Waals surface area contributed by atoms with E-state index in [9.17, 15) is 8.42 Å². The first-order valence-electron chi connectivity index (χ1n) is 4.68. The van der Waals surface area contributed by atoms with Gasteiger partial charge in [-0.25, -0.2) is 18.1 Å². The van der Waals surface area contributed by atoms with Crippen LogP contribution >= 0.6 is 0 Å². The summed E-state index contributed by atoms with van der Waals surface area (Å²) in [5.74, 6) is 0.329. The van der Waals surface area contributed by atoms with Gasteiger partial charge in [0.2, 0.25) is 10.0 Å². The van der Waals surface area contributed by atoms with Crippen LogP contribution in [0.4, 0.5) is 5.82 Å². The van der Waals surface area contributed by atoms with Crippen molar-refractivity contribution in [2.45, 2.75) is 11.8 Å². The Labute approximate surface area is 94.9 Å². The summed E-state index contributed by atoms with van der Waals surface area (Å²) in [6, 6.07) is 1.48. The maximum absolute atomic E-state index is 11.7. The molecule has 0 spiro atoms. The Balaban J connectivity index is 2.86. The number of anilines is 1. The number of aromatic nitrogens is 1.